The van der Waals surface area contributed by atoms with Crippen LogP contribution in [-0.4, -0.2) is 12.1 Å². The third-order valence-corrected chi connectivity index (χ3v) is 15.0. The number of fused-ring (bicyclic) bond motifs is 5. The Hall–Kier alpha value is -0.790. The fourth-order valence-electron chi connectivity index (χ4n) is 13.4. The molecule has 0 unspecified atom stereocenters. The van der Waals surface area contributed by atoms with Gasteiger partial charge >= 0.3 is 5.97 Å². The molecule has 7 fully saturated rings. The van der Waals surface area contributed by atoms with Gasteiger partial charge in [0.25, 0.3) is 0 Å². The molecule has 0 amide bonds. The lowest BCUT2D eigenvalue weighted by molar-refractivity contribution is -0.179. The number of allylic oxidation sites excluding steroid dienone is 1. The van der Waals surface area contributed by atoms with E-state index in [9.17, 15) is 4.79 Å². The highest BCUT2D eigenvalue weighted by Gasteiger charge is 2.60. The molecule has 0 aromatic rings. The number of carbonyl (C=O) groups excluding carboxylic acids is 1. The first-order valence-electron chi connectivity index (χ1n) is 18.0. The molecule has 0 aliphatic heterocycles. The summed E-state index contributed by atoms with van der Waals surface area (Å²) in [6, 6.07) is 0. The van der Waals surface area contributed by atoms with Crippen LogP contribution in [0.4, 0.5) is 0 Å². The first-order valence-corrected chi connectivity index (χ1v) is 18.0. The zero-order valence-electron chi connectivity index (χ0n) is 26.7. The van der Waals surface area contributed by atoms with Crippen LogP contribution in [0.3, 0.4) is 0 Å². The van der Waals surface area contributed by atoms with Crippen LogP contribution in [-0.2, 0) is 9.53 Å². The van der Waals surface area contributed by atoms with E-state index < -0.39 is 0 Å². The van der Waals surface area contributed by atoms with Crippen LogP contribution >= 0.6 is 0 Å². The molecule has 0 radical (unpaired) electrons. The van der Waals surface area contributed by atoms with Crippen LogP contribution < -0.4 is 0 Å². The van der Waals surface area contributed by atoms with E-state index in [1.165, 1.54) is 77.0 Å². The van der Waals surface area contributed by atoms with Crippen LogP contribution in [0.25, 0.3) is 0 Å². The first-order chi connectivity index (χ1) is 19.1. The average molecular weight is 549 g/mol. The molecular formula is C38H60O2. The highest BCUT2D eigenvalue weighted by molar-refractivity contribution is 5.77. The van der Waals surface area contributed by atoms with Crippen molar-refractivity contribution in [3.63, 3.8) is 0 Å². The largest absolute Gasteiger partial charge is 0.462 e. The summed E-state index contributed by atoms with van der Waals surface area (Å²) in [7, 11) is 0. The Bertz CT molecular complexity index is 972. The highest BCUT2D eigenvalue weighted by atomic mass is 16.5. The van der Waals surface area contributed by atoms with Crippen molar-refractivity contribution >= 4 is 5.97 Å². The van der Waals surface area contributed by atoms with E-state index in [0.29, 0.717) is 10.8 Å². The third-order valence-electron chi connectivity index (χ3n) is 15.0. The molecule has 0 aromatic carbocycles. The van der Waals surface area contributed by atoms with E-state index in [0.717, 1.165) is 85.4 Å². The van der Waals surface area contributed by atoms with Gasteiger partial charge in [0.1, 0.15) is 6.10 Å². The van der Waals surface area contributed by atoms with E-state index in [2.05, 4.69) is 40.7 Å². The van der Waals surface area contributed by atoms with Gasteiger partial charge in [0.2, 0.25) is 0 Å². The Labute approximate surface area is 246 Å². The van der Waals surface area contributed by atoms with Crippen molar-refractivity contribution in [3.05, 3.63) is 11.6 Å². The summed E-state index contributed by atoms with van der Waals surface area (Å²) in [6.07, 6.45) is 25.1. The van der Waals surface area contributed by atoms with Crippen LogP contribution in [0.2, 0.25) is 0 Å². The topological polar surface area (TPSA) is 26.3 Å². The fourth-order valence-corrected chi connectivity index (χ4v) is 13.4. The van der Waals surface area contributed by atoms with Gasteiger partial charge in [-0.25, -0.2) is 0 Å². The first kappa shape index (κ1) is 28.0. The van der Waals surface area contributed by atoms with Crippen molar-refractivity contribution in [3.8, 4) is 0 Å². The van der Waals surface area contributed by atoms with Gasteiger partial charge in [-0.2, -0.15) is 0 Å². The van der Waals surface area contributed by atoms with Crippen LogP contribution in [0.1, 0.15) is 144 Å². The van der Waals surface area contributed by atoms with Gasteiger partial charge in [-0.15, -0.1) is 0 Å². The summed E-state index contributed by atoms with van der Waals surface area (Å²) >= 11 is 0. The zero-order chi connectivity index (χ0) is 27.9. The maximum atomic E-state index is 13.7. The normalized spacial score (nSPS) is 49.7. The van der Waals surface area contributed by atoms with Gasteiger partial charge in [0.15, 0.2) is 0 Å². The smallest absolute Gasteiger partial charge is 0.312 e. The second kappa shape index (κ2) is 10.1. The molecule has 8 aliphatic carbocycles. The zero-order valence-corrected chi connectivity index (χ0v) is 26.7. The molecule has 0 heterocycles. The highest BCUT2D eigenvalue weighted by Crippen LogP contribution is 2.68. The average Bonchev–Trinajstić information content (AvgIpc) is 3.25. The lowest BCUT2D eigenvalue weighted by Gasteiger charge is -2.58. The molecule has 224 valence electrons. The summed E-state index contributed by atoms with van der Waals surface area (Å²) in [5.74, 6) is 7.94. The maximum Gasteiger partial charge on any atom is 0.312 e. The Balaban J connectivity index is 1.01. The molecule has 0 spiro atoms. The van der Waals surface area contributed by atoms with E-state index in [-0.39, 0.29) is 17.5 Å². The number of hydrogen-bond acceptors (Lipinski definition) is 2. The minimum Gasteiger partial charge on any atom is -0.462 e. The second-order valence-electron chi connectivity index (χ2n) is 17.8. The summed E-state index contributed by atoms with van der Waals surface area (Å²) in [4.78, 5) is 13.7. The standard InChI is InChI=1S/C38H60O2/c1-24(2)7-6-8-25(3)32-11-12-33-31-10-9-29-20-30(13-15-36(29,4)34(31)14-16-37(32,33)5)40-35(39)38-21-26-17-27(22-38)19-28(18-26)23-38/h9,24-28,30-34H,6-8,10-23H2,1-5H3/t25-,26?,27?,28?,30+,31-,32+,33-,34-,36+,37+,38?/m1/s1. The molecule has 8 aliphatic rings. The van der Waals surface area contributed by atoms with Gasteiger partial charge in [0.05, 0.1) is 5.41 Å². The molecule has 2 nitrogen and oxygen atoms in total. The van der Waals surface area contributed by atoms with Gasteiger partial charge in [-0.05, 0) is 148 Å². The van der Waals surface area contributed by atoms with Crippen LogP contribution in [0.5, 0.6) is 0 Å². The number of carbonyl (C=O) groups is 1. The molecule has 7 saturated carbocycles. The van der Waals surface area contributed by atoms with Gasteiger partial charge in [-0.1, -0.05) is 65.5 Å². The predicted molar refractivity (Wildman–Crippen MR) is 164 cm³/mol. The van der Waals surface area contributed by atoms with Crippen molar-refractivity contribution in [2.75, 3.05) is 0 Å². The van der Waals surface area contributed by atoms with Gasteiger partial charge < -0.3 is 4.74 Å². The summed E-state index contributed by atoms with van der Waals surface area (Å²) in [6.45, 7) is 12.7. The van der Waals surface area contributed by atoms with Crippen molar-refractivity contribution in [2.45, 2.75) is 150 Å². The minimum absolute atomic E-state index is 0.111. The monoisotopic (exact) mass is 548 g/mol. The number of ether oxygens (including phenoxy) is 1. The molecule has 8 rings (SSSR count). The molecule has 4 bridgehead atoms. The Morgan fingerprint density at radius 2 is 1.60 bits per heavy atom. The third kappa shape index (κ3) is 4.49. The van der Waals surface area contributed by atoms with Gasteiger partial charge in [0, 0.05) is 6.42 Å². The fraction of sp³-hybridized carbons (Fsp3) is 0.921. The lowest BCUT2D eigenvalue weighted by atomic mass is 9.47. The number of hydrogen-bond donors (Lipinski definition) is 0. The predicted octanol–water partition coefficient (Wildman–Crippen LogP) is 10.2. The SMILES string of the molecule is CC(C)CCC[C@@H](C)[C@@H]1CC[C@@H]2[C@H]3CC=C4C[C@@H](OC(=O)C56CC7CC(CC(C7)C5)C6)CC[C@]4(C)[C@@H]3CC[C@]21C. The summed E-state index contributed by atoms with van der Waals surface area (Å²) in [5.41, 5.74) is 2.46. The Morgan fingerprint density at radius 1 is 0.900 bits per heavy atom. The quantitative estimate of drug-likeness (QED) is 0.234. The maximum absolute atomic E-state index is 13.7. The lowest BCUT2D eigenvalue weighted by Crippen LogP contribution is -2.52. The molecule has 2 heteroatoms. The van der Waals surface area contributed by atoms with E-state index in [1.807, 2.05) is 0 Å². The molecule has 0 aromatic heterocycles. The molecular weight excluding hydrogens is 488 g/mol. The van der Waals surface area contributed by atoms with Crippen LogP contribution in [0.15, 0.2) is 11.6 Å². The summed E-state index contributed by atoms with van der Waals surface area (Å²) < 4.78 is 6.50. The molecule has 0 saturated heterocycles. The molecule has 8 atom stereocenters. The van der Waals surface area contributed by atoms with Crippen LogP contribution in [0, 0.1) is 69.5 Å². The Morgan fingerprint density at radius 3 is 2.27 bits per heavy atom. The Kier molecular flexibility index (Phi) is 7.10. The van der Waals surface area contributed by atoms with E-state index in [1.54, 1.807) is 5.57 Å². The van der Waals surface area contributed by atoms with Gasteiger partial charge in [-0.3, -0.25) is 4.79 Å². The number of rotatable bonds is 7. The van der Waals surface area contributed by atoms with E-state index in [4.69, 9.17) is 4.74 Å². The van der Waals surface area contributed by atoms with Crippen molar-refractivity contribution < 1.29 is 9.53 Å². The second-order valence-corrected chi connectivity index (χ2v) is 17.8. The van der Waals surface area contributed by atoms with Crippen molar-refractivity contribution in [2.24, 2.45) is 69.5 Å². The number of esters is 1. The van der Waals surface area contributed by atoms with E-state index >= 15 is 0 Å². The molecule has 0 N–H and O–H groups in total. The summed E-state index contributed by atoms with van der Waals surface area (Å²) in [5, 5.41) is 0. The minimum atomic E-state index is -0.111. The van der Waals surface area contributed by atoms with Crippen molar-refractivity contribution in [1.82, 2.24) is 0 Å². The van der Waals surface area contributed by atoms with Crippen molar-refractivity contribution in [1.29, 1.82) is 0 Å². The molecule has 40 heavy (non-hydrogen) atoms.